The van der Waals surface area contributed by atoms with Crippen LogP contribution in [0.1, 0.15) is 34.6 Å². The van der Waals surface area contributed by atoms with Gasteiger partial charge >= 0.3 is 6.18 Å². The lowest BCUT2D eigenvalue weighted by Gasteiger charge is -2.37. The predicted octanol–water partition coefficient (Wildman–Crippen LogP) is 4.45. The minimum atomic E-state index is -4.63. The average Bonchev–Trinajstić information content (AvgIpc) is 3.15. The Hall–Kier alpha value is -2.58. The number of piperidine rings is 1. The SMILES string of the molecule is O=C1c2c(c(C(F)(F)F)nn2-c2ccc3cc(Cl)ccc3c2)CCN1C1CCNCC1. The first kappa shape index (κ1) is 20.3. The maximum Gasteiger partial charge on any atom is 0.435 e. The first-order valence-electron chi connectivity index (χ1n) is 10.2. The van der Waals surface area contributed by atoms with Gasteiger partial charge in [-0.1, -0.05) is 23.7 Å². The number of nitrogens with zero attached hydrogens (tertiary/aromatic N) is 3. The van der Waals surface area contributed by atoms with E-state index in [9.17, 15) is 18.0 Å². The van der Waals surface area contributed by atoms with Gasteiger partial charge in [0.05, 0.1) is 5.69 Å². The van der Waals surface area contributed by atoms with Crippen molar-refractivity contribution in [3.05, 3.63) is 58.4 Å². The summed E-state index contributed by atoms with van der Waals surface area (Å²) in [6.45, 7) is 1.87. The summed E-state index contributed by atoms with van der Waals surface area (Å²) in [5, 5.41) is 9.38. The van der Waals surface area contributed by atoms with Gasteiger partial charge in [-0.2, -0.15) is 18.3 Å². The number of carbonyl (C=O) groups is 1. The van der Waals surface area contributed by atoms with Crippen molar-refractivity contribution in [2.45, 2.75) is 31.5 Å². The largest absolute Gasteiger partial charge is 0.435 e. The van der Waals surface area contributed by atoms with E-state index in [4.69, 9.17) is 11.6 Å². The molecule has 3 heterocycles. The van der Waals surface area contributed by atoms with E-state index in [1.54, 1.807) is 41.3 Å². The number of rotatable bonds is 2. The standard InChI is InChI=1S/C22H20ClF3N4O/c23-15-3-1-14-12-17(4-2-13(14)11-15)30-19-18(20(28-30)22(24,25)26)7-10-29(21(19)31)16-5-8-27-9-6-16/h1-4,11-12,16,27H,5-10H2. The number of hydrogen-bond acceptors (Lipinski definition) is 3. The molecule has 31 heavy (non-hydrogen) atoms. The summed E-state index contributed by atoms with van der Waals surface area (Å²) in [4.78, 5) is 15.1. The Morgan fingerprint density at radius 1 is 1.06 bits per heavy atom. The molecule has 3 aromatic rings. The highest BCUT2D eigenvalue weighted by Gasteiger charge is 2.44. The monoisotopic (exact) mass is 448 g/mol. The maximum absolute atomic E-state index is 13.8. The van der Waals surface area contributed by atoms with Crippen LogP contribution in [-0.4, -0.2) is 46.3 Å². The molecule has 1 fully saturated rings. The van der Waals surface area contributed by atoms with Crippen molar-refractivity contribution in [3.8, 4) is 5.69 Å². The highest BCUT2D eigenvalue weighted by molar-refractivity contribution is 6.31. The van der Waals surface area contributed by atoms with E-state index >= 15 is 0 Å². The summed E-state index contributed by atoms with van der Waals surface area (Å²) in [7, 11) is 0. The fourth-order valence-corrected chi connectivity index (χ4v) is 4.77. The zero-order chi connectivity index (χ0) is 21.8. The van der Waals surface area contributed by atoms with Crippen molar-refractivity contribution in [2.75, 3.05) is 19.6 Å². The van der Waals surface area contributed by atoms with Crippen LogP contribution in [0.4, 0.5) is 13.2 Å². The van der Waals surface area contributed by atoms with E-state index in [0.29, 0.717) is 10.7 Å². The molecular formula is C22H20ClF3N4O. The lowest BCUT2D eigenvalue weighted by Crippen LogP contribution is -2.49. The third-order valence-corrected chi connectivity index (χ3v) is 6.33. The molecule has 0 spiro atoms. The van der Waals surface area contributed by atoms with E-state index in [1.807, 2.05) is 0 Å². The predicted molar refractivity (Wildman–Crippen MR) is 112 cm³/mol. The number of benzene rings is 2. The molecule has 0 saturated carbocycles. The number of amides is 1. The molecule has 0 aliphatic carbocycles. The Bertz CT molecular complexity index is 1170. The third-order valence-electron chi connectivity index (χ3n) is 6.10. The van der Waals surface area contributed by atoms with Crippen molar-refractivity contribution in [1.82, 2.24) is 20.0 Å². The van der Waals surface area contributed by atoms with Crippen LogP contribution in [0.25, 0.3) is 16.5 Å². The fraction of sp³-hybridized carbons (Fsp3) is 0.364. The first-order valence-corrected chi connectivity index (χ1v) is 10.6. The summed E-state index contributed by atoms with van der Waals surface area (Å²) in [5.74, 6) is -0.382. The highest BCUT2D eigenvalue weighted by Crippen LogP contribution is 2.37. The molecule has 5 rings (SSSR count). The Balaban J connectivity index is 1.64. The summed E-state index contributed by atoms with van der Waals surface area (Å²) >= 11 is 6.04. The molecule has 1 amide bonds. The molecule has 1 aromatic heterocycles. The van der Waals surface area contributed by atoms with Gasteiger partial charge in [0.25, 0.3) is 5.91 Å². The minimum absolute atomic E-state index is 0.0149. The van der Waals surface area contributed by atoms with Crippen LogP contribution in [-0.2, 0) is 12.6 Å². The number of halogens is 4. The second-order valence-electron chi connectivity index (χ2n) is 7.99. The van der Waals surface area contributed by atoms with Crippen molar-refractivity contribution >= 4 is 28.3 Å². The van der Waals surface area contributed by atoms with Crippen molar-refractivity contribution in [3.63, 3.8) is 0 Å². The van der Waals surface area contributed by atoms with Crippen LogP contribution in [0, 0.1) is 0 Å². The number of aromatic nitrogens is 2. The lowest BCUT2D eigenvalue weighted by molar-refractivity contribution is -0.142. The molecule has 0 bridgehead atoms. The van der Waals surface area contributed by atoms with E-state index in [2.05, 4.69) is 10.4 Å². The smallest absolute Gasteiger partial charge is 0.334 e. The van der Waals surface area contributed by atoms with Crippen molar-refractivity contribution < 1.29 is 18.0 Å². The molecule has 2 aromatic carbocycles. The second kappa shape index (κ2) is 7.53. The average molecular weight is 449 g/mol. The van der Waals surface area contributed by atoms with Crippen LogP contribution in [0.15, 0.2) is 36.4 Å². The Morgan fingerprint density at radius 3 is 2.52 bits per heavy atom. The fourth-order valence-electron chi connectivity index (χ4n) is 4.59. The van der Waals surface area contributed by atoms with Crippen LogP contribution >= 0.6 is 11.6 Å². The van der Waals surface area contributed by atoms with E-state index in [-0.39, 0.29) is 36.2 Å². The molecule has 1 N–H and O–H groups in total. The van der Waals surface area contributed by atoms with Gasteiger partial charge < -0.3 is 10.2 Å². The van der Waals surface area contributed by atoms with Gasteiger partial charge in [-0.15, -0.1) is 0 Å². The minimum Gasteiger partial charge on any atom is -0.334 e. The molecule has 2 aliphatic rings. The van der Waals surface area contributed by atoms with E-state index in [1.165, 1.54) is 4.68 Å². The first-order chi connectivity index (χ1) is 14.8. The van der Waals surface area contributed by atoms with E-state index in [0.717, 1.165) is 36.7 Å². The quantitative estimate of drug-likeness (QED) is 0.630. The third kappa shape index (κ3) is 3.57. The Kier molecular flexibility index (Phi) is 4.94. The molecular weight excluding hydrogens is 429 g/mol. The summed E-state index contributed by atoms with van der Waals surface area (Å²) in [5.41, 5.74) is -0.552. The molecule has 0 unspecified atom stereocenters. The molecule has 1 saturated heterocycles. The molecule has 162 valence electrons. The molecule has 9 heteroatoms. The number of alkyl halides is 3. The summed E-state index contributed by atoms with van der Waals surface area (Å²) < 4.78 is 42.4. The summed E-state index contributed by atoms with van der Waals surface area (Å²) in [6.07, 6.45) is -2.91. The zero-order valence-corrected chi connectivity index (χ0v) is 17.3. The van der Waals surface area contributed by atoms with Crippen LogP contribution in [0.5, 0.6) is 0 Å². The van der Waals surface area contributed by atoms with Gasteiger partial charge in [0.2, 0.25) is 0 Å². The maximum atomic E-state index is 13.8. The highest BCUT2D eigenvalue weighted by atomic mass is 35.5. The normalized spacial score (nSPS) is 17.9. The Labute approximate surface area is 181 Å². The van der Waals surface area contributed by atoms with Crippen LogP contribution in [0.2, 0.25) is 5.02 Å². The van der Waals surface area contributed by atoms with Gasteiger partial charge in [0, 0.05) is 23.2 Å². The van der Waals surface area contributed by atoms with Crippen molar-refractivity contribution in [1.29, 1.82) is 0 Å². The summed E-state index contributed by atoms with van der Waals surface area (Å²) in [6, 6.07) is 10.5. The Morgan fingerprint density at radius 2 is 1.77 bits per heavy atom. The number of fused-ring (bicyclic) bond motifs is 2. The lowest BCUT2D eigenvalue weighted by atomic mass is 9.97. The van der Waals surface area contributed by atoms with Crippen LogP contribution in [0.3, 0.4) is 0 Å². The molecule has 2 aliphatic heterocycles. The zero-order valence-electron chi connectivity index (χ0n) is 16.5. The molecule has 5 nitrogen and oxygen atoms in total. The topological polar surface area (TPSA) is 50.2 Å². The second-order valence-corrected chi connectivity index (χ2v) is 8.43. The van der Waals surface area contributed by atoms with E-state index < -0.39 is 11.9 Å². The molecule has 0 radical (unpaired) electrons. The number of carbonyl (C=O) groups excluding carboxylic acids is 1. The van der Waals surface area contributed by atoms with Gasteiger partial charge in [0.1, 0.15) is 5.69 Å². The number of nitrogens with one attached hydrogen (secondary N) is 1. The van der Waals surface area contributed by atoms with Gasteiger partial charge in [-0.05, 0) is 67.4 Å². The number of hydrogen-bond donors (Lipinski definition) is 1. The van der Waals surface area contributed by atoms with Gasteiger partial charge in [-0.3, -0.25) is 4.79 Å². The molecule has 0 atom stereocenters. The van der Waals surface area contributed by atoms with Crippen LogP contribution < -0.4 is 5.32 Å². The van der Waals surface area contributed by atoms with Gasteiger partial charge in [-0.25, -0.2) is 4.68 Å². The van der Waals surface area contributed by atoms with Crippen molar-refractivity contribution in [2.24, 2.45) is 0 Å². The van der Waals surface area contributed by atoms with Gasteiger partial charge in [0.15, 0.2) is 5.69 Å².